The van der Waals surface area contributed by atoms with Crippen LogP contribution in [0.3, 0.4) is 0 Å². The van der Waals surface area contributed by atoms with Gasteiger partial charge in [-0.05, 0) is 18.2 Å². The highest BCUT2D eigenvalue weighted by Gasteiger charge is 2.05. The molecule has 0 amide bonds. The molecule has 1 aromatic heterocycles. The highest BCUT2D eigenvalue weighted by Crippen LogP contribution is 2.29. The number of fused-ring (bicyclic) bond motifs is 1. The molecule has 1 N–H and O–H groups in total. The highest BCUT2D eigenvalue weighted by atomic mass is 16.4. The summed E-state index contributed by atoms with van der Waals surface area (Å²) in [4.78, 5) is 1.98. The lowest BCUT2D eigenvalue weighted by atomic mass is 10.2. The Balaban J connectivity index is 2.66. The number of benzene rings is 1. The van der Waals surface area contributed by atoms with Gasteiger partial charge >= 0.3 is 0 Å². The molecule has 0 radical (unpaired) electrons. The number of nitrogens with zero attached hydrogens (tertiary/aromatic N) is 1. The lowest BCUT2D eigenvalue weighted by Gasteiger charge is -2.11. The van der Waals surface area contributed by atoms with Gasteiger partial charge in [-0.2, -0.15) is 0 Å². The third-order valence-electron chi connectivity index (χ3n) is 2.05. The number of hydrogen-bond acceptors (Lipinski definition) is 3. The molecule has 0 aliphatic rings. The molecular formula is C10H11NO2. The first-order chi connectivity index (χ1) is 6.18. The minimum Gasteiger partial charge on any atom is -0.504 e. The fourth-order valence-corrected chi connectivity index (χ4v) is 1.28. The molecule has 1 heterocycles. The van der Waals surface area contributed by atoms with Crippen LogP contribution in [0.25, 0.3) is 11.0 Å². The molecule has 2 rings (SSSR count). The predicted molar refractivity (Wildman–Crippen MR) is 52.2 cm³/mol. The highest BCUT2D eigenvalue weighted by molar-refractivity contribution is 5.86. The number of anilines is 1. The van der Waals surface area contributed by atoms with Crippen LogP contribution >= 0.6 is 0 Å². The molecule has 0 unspecified atom stereocenters. The van der Waals surface area contributed by atoms with Gasteiger partial charge < -0.3 is 14.4 Å². The van der Waals surface area contributed by atoms with Gasteiger partial charge in [-0.3, -0.25) is 0 Å². The normalized spacial score (nSPS) is 10.6. The van der Waals surface area contributed by atoms with Crippen molar-refractivity contribution < 1.29 is 9.52 Å². The fourth-order valence-electron chi connectivity index (χ4n) is 1.28. The van der Waals surface area contributed by atoms with Gasteiger partial charge in [0, 0.05) is 19.8 Å². The molecule has 1 aromatic carbocycles. The molecule has 0 bridgehead atoms. The SMILES string of the molecule is CN(C)c1ccc2occ(O)c2c1. The van der Waals surface area contributed by atoms with E-state index in [0.29, 0.717) is 5.58 Å². The van der Waals surface area contributed by atoms with Crippen LogP contribution < -0.4 is 4.90 Å². The minimum atomic E-state index is 0.193. The van der Waals surface area contributed by atoms with Gasteiger partial charge in [-0.25, -0.2) is 0 Å². The zero-order valence-electron chi connectivity index (χ0n) is 7.61. The van der Waals surface area contributed by atoms with E-state index in [1.54, 1.807) is 0 Å². The predicted octanol–water partition coefficient (Wildman–Crippen LogP) is 2.20. The topological polar surface area (TPSA) is 36.6 Å². The number of furan rings is 1. The molecule has 0 aliphatic carbocycles. The van der Waals surface area contributed by atoms with Crippen LogP contribution in [-0.4, -0.2) is 19.2 Å². The molecule has 68 valence electrons. The molecule has 0 atom stereocenters. The first kappa shape index (κ1) is 7.98. The Morgan fingerprint density at radius 1 is 1.31 bits per heavy atom. The van der Waals surface area contributed by atoms with Gasteiger partial charge in [0.1, 0.15) is 11.8 Å². The van der Waals surface area contributed by atoms with Crippen molar-refractivity contribution in [2.45, 2.75) is 0 Å². The summed E-state index contributed by atoms with van der Waals surface area (Å²) in [6.45, 7) is 0. The van der Waals surface area contributed by atoms with Crippen molar-refractivity contribution in [1.29, 1.82) is 0 Å². The summed E-state index contributed by atoms with van der Waals surface area (Å²) < 4.78 is 5.11. The molecule has 2 aromatic rings. The summed E-state index contributed by atoms with van der Waals surface area (Å²) in [5.41, 5.74) is 1.76. The van der Waals surface area contributed by atoms with Crippen molar-refractivity contribution in [1.82, 2.24) is 0 Å². The molecule has 0 saturated heterocycles. The first-order valence-corrected chi connectivity index (χ1v) is 4.06. The summed E-state index contributed by atoms with van der Waals surface area (Å²) in [7, 11) is 3.91. The maximum absolute atomic E-state index is 9.41. The first-order valence-electron chi connectivity index (χ1n) is 4.06. The second-order valence-electron chi connectivity index (χ2n) is 3.20. The van der Waals surface area contributed by atoms with Crippen molar-refractivity contribution in [3.63, 3.8) is 0 Å². The zero-order chi connectivity index (χ0) is 9.42. The molecule has 0 saturated carbocycles. The van der Waals surface area contributed by atoms with E-state index in [9.17, 15) is 5.11 Å². The lowest BCUT2D eigenvalue weighted by molar-refractivity contribution is 0.464. The zero-order valence-corrected chi connectivity index (χ0v) is 7.61. The Hall–Kier alpha value is -1.64. The van der Waals surface area contributed by atoms with Crippen LogP contribution in [0.4, 0.5) is 5.69 Å². The van der Waals surface area contributed by atoms with E-state index in [2.05, 4.69) is 0 Å². The quantitative estimate of drug-likeness (QED) is 0.725. The summed E-state index contributed by atoms with van der Waals surface area (Å²) in [5.74, 6) is 0.193. The molecule has 3 heteroatoms. The average molecular weight is 177 g/mol. The van der Waals surface area contributed by atoms with Crippen LogP contribution in [0.1, 0.15) is 0 Å². The van der Waals surface area contributed by atoms with Gasteiger partial charge in [0.15, 0.2) is 5.75 Å². The second-order valence-corrected chi connectivity index (χ2v) is 3.20. The number of rotatable bonds is 1. The van der Waals surface area contributed by atoms with Crippen molar-refractivity contribution in [3.05, 3.63) is 24.5 Å². The summed E-state index contributed by atoms with van der Waals surface area (Å²) >= 11 is 0. The van der Waals surface area contributed by atoms with Gasteiger partial charge in [-0.15, -0.1) is 0 Å². The second kappa shape index (κ2) is 2.69. The number of hydrogen-bond donors (Lipinski definition) is 1. The average Bonchev–Trinajstić information content (AvgIpc) is 2.47. The van der Waals surface area contributed by atoms with E-state index in [1.807, 2.05) is 37.2 Å². The molecule has 3 nitrogen and oxygen atoms in total. The van der Waals surface area contributed by atoms with E-state index >= 15 is 0 Å². The third-order valence-corrected chi connectivity index (χ3v) is 2.05. The molecule has 0 aliphatic heterocycles. The van der Waals surface area contributed by atoms with Gasteiger partial charge in [0.25, 0.3) is 0 Å². The lowest BCUT2D eigenvalue weighted by Crippen LogP contribution is -2.07. The van der Waals surface area contributed by atoms with E-state index in [0.717, 1.165) is 11.1 Å². The standard InChI is InChI=1S/C10H11NO2/c1-11(2)7-3-4-10-8(5-7)9(12)6-13-10/h3-6,12H,1-2H3. The Morgan fingerprint density at radius 3 is 2.77 bits per heavy atom. The Labute approximate surface area is 76.2 Å². The smallest absolute Gasteiger partial charge is 0.161 e. The third kappa shape index (κ3) is 1.22. The monoisotopic (exact) mass is 177 g/mol. The largest absolute Gasteiger partial charge is 0.504 e. The molecule has 0 fully saturated rings. The van der Waals surface area contributed by atoms with E-state index < -0.39 is 0 Å². The molecule has 0 spiro atoms. The fraction of sp³-hybridized carbons (Fsp3) is 0.200. The maximum atomic E-state index is 9.41. The molecular weight excluding hydrogens is 166 g/mol. The Kier molecular flexibility index (Phi) is 1.65. The Bertz CT molecular complexity index is 431. The maximum Gasteiger partial charge on any atom is 0.161 e. The van der Waals surface area contributed by atoms with E-state index in [4.69, 9.17) is 4.42 Å². The van der Waals surface area contributed by atoms with Gasteiger partial charge in [-0.1, -0.05) is 0 Å². The molecule has 13 heavy (non-hydrogen) atoms. The summed E-state index contributed by atoms with van der Waals surface area (Å²) in [6.07, 6.45) is 1.35. The van der Waals surface area contributed by atoms with Gasteiger partial charge in [0.05, 0.1) is 5.39 Å². The van der Waals surface area contributed by atoms with Crippen molar-refractivity contribution in [2.75, 3.05) is 19.0 Å². The van der Waals surface area contributed by atoms with E-state index in [1.165, 1.54) is 6.26 Å². The van der Waals surface area contributed by atoms with Crippen LogP contribution in [0.5, 0.6) is 5.75 Å². The van der Waals surface area contributed by atoms with Gasteiger partial charge in [0.2, 0.25) is 0 Å². The summed E-state index contributed by atoms with van der Waals surface area (Å²) in [6, 6.07) is 5.70. The van der Waals surface area contributed by atoms with Crippen LogP contribution in [0, 0.1) is 0 Å². The van der Waals surface area contributed by atoms with Crippen molar-refractivity contribution >= 4 is 16.7 Å². The Morgan fingerprint density at radius 2 is 2.08 bits per heavy atom. The van der Waals surface area contributed by atoms with E-state index in [-0.39, 0.29) is 5.75 Å². The van der Waals surface area contributed by atoms with Crippen LogP contribution in [-0.2, 0) is 0 Å². The van der Waals surface area contributed by atoms with Crippen molar-refractivity contribution in [3.8, 4) is 5.75 Å². The van der Waals surface area contributed by atoms with Crippen LogP contribution in [0.2, 0.25) is 0 Å². The number of aromatic hydroxyl groups is 1. The van der Waals surface area contributed by atoms with Crippen molar-refractivity contribution in [2.24, 2.45) is 0 Å². The minimum absolute atomic E-state index is 0.193. The summed E-state index contributed by atoms with van der Waals surface area (Å²) in [5, 5.41) is 10.2. The van der Waals surface area contributed by atoms with Crippen LogP contribution in [0.15, 0.2) is 28.9 Å².